The Balaban J connectivity index is 2.21. The second-order valence-electron chi connectivity index (χ2n) is 5.83. The predicted octanol–water partition coefficient (Wildman–Crippen LogP) is 2.47. The molecule has 6 heteroatoms. The van der Waals surface area contributed by atoms with E-state index < -0.39 is 17.4 Å². The van der Waals surface area contributed by atoms with E-state index in [-0.39, 0.29) is 0 Å². The summed E-state index contributed by atoms with van der Waals surface area (Å²) >= 11 is 0. The maximum Gasteiger partial charge on any atom is 0.329 e. The Morgan fingerprint density at radius 3 is 2.30 bits per heavy atom. The van der Waals surface area contributed by atoms with Gasteiger partial charge in [0.05, 0.1) is 11.4 Å². The fraction of sp³-hybridized carbons (Fsp3) is 0.353. The quantitative estimate of drug-likeness (QED) is 0.887. The number of benzene rings is 1. The van der Waals surface area contributed by atoms with E-state index >= 15 is 0 Å². The lowest BCUT2D eigenvalue weighted by atomic mass is 9.98. The second-order valence-corrected chi connectivity index (χ2v) is 5.83. The first kappa shape index (κ1) is 16.7. The van der Waals surface area contributed by atoms with E-state index in [1.54, 1.807) is 35.9 Å². The minimum Gasteiger partial charge on any atom is -0.480 e. The number of carboxylic acid groups (broad SMARTS) is 1. The lowest BCUT2D eigenvalue weighted by molar-refractivity contribution is -0.143. The molecule has 0 bridgehead atoms. The van der Waals surface area contributed by atoms with Crippen LogP contribution in [0.15, 0.2) is 30.3 Å². The summed E-state index contributed by atoms with van der Waals surface area (Å²) in [5.41, 5.74) is 1.92. The van der Waals surface area contributed by atoms with Crippen LogP contribution in [-0.2, 0) is 4.79 Å². The lowest BCUT2D eigenvalue weighted by Crippen LogP contribution is -2.51. The highest BCUT2D eigenvalue weighted by molar-refractivity contribution is 5.97. The summed E-state index contributed by atoms with van der Waals surface area (Å²) in [5, 5.41) is 16.2. The van der Waals surface area contributed by atoms with Crippen molar-refractivity contribution >= 4 is 11.9 Å². The Hall–Kier alpha value is -2.63. The fourth-order valence-electron chi connectivity index (χ4n) is 2.26. The number of carbonyl (C=O) groups excluding carboxylic acids is 1. The Labute approximate surface area is 135 Å². The highest BCUT2D eigenvalue weighted by Crippen LogP contribution is 2.15. The molecule has 0 aliphatic carbocycles. The molecule has 23 heavy (non-hydrogen) atoms. The molecule has 1 atom stereocenters. The fourth-order valence-corrected chi connectivity index (χ4v) is 2.26. The molecule has 2 N–H and O–H groups in total. The van der Waals surface area contributed by atoms with Gasteiger partial charge in [-0.15, -0.1) is 0 Å². The Morgan fingerprint density at radius 2 is 1.87 bits per heavy atom. The Kier molecular flexibility index (Phi) is 4.54. The number of nitrogens with zero attached hydrogens (tertiary/aromatic N) is 2. The minimum absolute atomic E-state index is 0.303. The maximum absolute atomic E-state index is 12.2. The largest absolute Gasteiger partial charge is 0.480 e. The summed E-state index contributed by atoms with van der Waals surface area (Å²) in [4.78, 5) is 23.5. The summed E-state index contributed by atoms with van der Waals surface area (Å²) in [6, 6.07) is 8.88. The summed E-state index contributed by atoms with van der Waals surface area (Å²) < 4.78 is 1.80. The molecule has 2 rings (SSSR count). The van der Waals surface area contributed by atoms with Crippen molar-refractivity contribution in [3.63, 3.8) is 0 Å². The topological polar surface area (TPSA) is 84.2 Å². The molecule has 2 aromatic rings. The molecular formula is C17H21N3O3. The van der Waals surface area contributed by atoms with E-state index in [4.69, 9.17) is 0 Å². The van der Waals surface area contributed by atoms with Gasteiger partial charge < -0.3 is 10.4 Å². The average molecular weight is 315 g/mol. The van der Waals surface area contributed by atoms with Crippen LogP contribution in [0.3, 0.4) is 0 Å². The van der Waals surface area contributed by atoms with E-state index in [9.17, 15) is 14.7 Å². The van der Waals surface area contributed by atoms with E-state index in [0.717, 1.165) is 17.1 Å². The molecule has 0 fully saturated rings. The van der Waals surface area contributed by atoms with Gasteiger partial charge >= 0.3 is 5.97 Å². The molecular weight excluding hydrogens is 294 g/mol. The van der Waals surface area contributed by atoms with Gasteiger partial charge in [0.15, 0.2) is 0 Å². The number of hydrogen-bond acceptors (Lipinski definition) is 3. The molecule has 0 saturated heterocycles. The van der Waals surface area contributed by atoms with E-state index in [1.165, 1.54) is 6.92 Å². The van der Waals surface area contributed by atoms with Gasteiger partial charge in [-0.05, 0) is 57.5 Å². The Morgan fingerprint density at radius 1 is 1.26 bits per heavy atom. The molecule has 0 aliphatic rings. The van der Waals surface area contributed by atoms with Gasteiger partial charge in [-0.3, -0.25) is 4.79 Å². The second kappa shape index (κ2) is 6.24. The van der Waals surface area contributed by atoms with Gasteiger partial charge in [0.1, 0.15) is 5.54 Å². The van der Waals surface area contributed by atoms with Crippen LogP contribution in [0.25, 0.3) is 5.69 Å². The molecule has 1 amide bonds. The van der Waals surface area contributed by atoms with Crippen molar-refractivity contribution in [1.82, 2.24) is 15.1 Å². The van der Waals surface area contributed by atoms with Crippen LogP contribution in [0.2, 0.25) is 0 Å². The molecule has 0 saturated carbocycles. The molecule has 6 nitrogen and oxygen atoms in total. The van der Waals surface area contributed by atoms with Crippen molar-refractivity contribution < 1.29 is 14.7 Å². The summed E-state index contributed by atoms with van der Waals surface area (Å²) in [6.45, 7) is 7.10. The van der Waals surface area contributed by atoms with Crippen molar-refractivity contribution in [2.24, 2.45) is 0 Å². The first-order valence-electron chi connectivity index (χ1n) is 7.46. The molecule has 1 aromatic carbocycles. The van der Waals surface area contributed by atoms with Crippen molar-refractivity contribution in [2.75, 3.05) is 0 Å². The molecule has 0 radical (unpaired) electrons. The smallest absolute Gasteiger partial charge is 0.329 e. The molecule has 122 valence electrons. The molecule has 1 heterocycles. The van der Waals surface area contributed by atoms with Gasteiger partial charge in [-0.2, -0.15) is 5.10 Å². The van der Waals surface area contributed by atoms with Gasteiger partial charge in [0.25, 0.3) is 5.91 Å². The van der Waals surface area contributed by atoms with E-state index in [1.807, 2.05) is 19.9 Å². The normalized spacial score (nSPS) is 13.4. The van der Waals surface area contributed by atoms with Crippen LogP contribution >= 0.6 is 0 Å². The number of carbonyl (C=O) groups is 2. The number of aliphatic carboxylic acids is 1. The molecule has 0 spiro atoms. The molecule has 1 aromatic heterocycles. The van der Waals surface area contributed by atoms with E-state index in [0.29, 0.717) is 12.0 Å². The van der Waals surface area contributed by atoms with Crippen LogP contribution in [-0.4, -0.2) is 32.3 Å². The highest BCUT2D eigenvalue weighted by Gasteiger charge is 2.32. The van der Waals surface area contributed by atoms with Crippen LogP contribution in [0.1, 0.15) is 42.0 Å². The first-order chi connectivity index (χ1) is 10.8. The monoisotopic (exact) mass is 315 g/mol. The number of carboxylic acids is 1. The SMILES string of the molecule is CCC(C)(NC(=O)c1ccc(-n2nc(C)cc2C)cc1)C(=O)O. The summed E-state index contributed by atoms with van der Waals surface area (Å²) in [6.07, 6.45) is 0.303. The van der Waals surface area contributed by atoms with Crippen molar-refractivity contribution in [3.8, 4) is 5.69 Å². The third kappa shape index (κ3) is 3.41. The van der Waals surface area contributed by atoms with Crippen LogP contribution in [0, 0.1) is 13.8 Å². The van der Waals surface area contributed by atoms with E-state index in [2.05, 4.69) is 10.4 Å². The number of nitrogens with one attached hydrogen (secondary N) is 1. The van der Waals surface area contributed by atoms with Crippen molar-refractivity contribution in [3.05, 3.63) is 47.3 Å². The number of rotatable bonds is 5. The number of aryl methyl sites for hydroxylation is 2. The third-order valence-electron chi connectivity index (χ3n) is 3.95. The van der Waals surface area contributed by atoms with Gasteiger partial charge in [0, 0.05) is 11.3 Å². The van der Waals surface area contributed by atoms with Crippen LogP contribution in [0.5, 0.6) is 0 Å². The molecule has 0 aliphatic heterocycles. The maximum atomic E-state index is 12.2. The predicted molar refractivity (Wildman–Crippen MR) is 86.8 cm³/mol. The van der Waals surface area contributed by atoms with Gasteiger partial charge in [-0.25, -0.2) is 9.48 Å². The zero-order valence-electron chi connectivity index (χ0n) is 13.8. The van der Waals surface area contributed by atoms with Crippen LogP contribution in [0.4, 0.5) is 0 Å². The zero-order chi connectivity index (χ0) is 17.2. The van der Waals surface area contributed by atoms with Gasteiger partial charge in [-0.1, -0.05) is 6.92 Å². The Bertz CT molecular complexity index is 734. The zero-order valence-corrected chi connectivity index (χ0v) is 13.8. The third-order valence-corrected chi connectivity index (χ3v) is 3.95. The number of amides is 1. The standard InChI is InChI=1S/C17H21N3O3/c1-5-17(4,16(22)23)18-15(21)13-6-8-14(9-7-13)20-12(3)10-11(2)19-20/h6-10H,5H2,1-4H3,(H,18,21)(H,22,23). The van der Waals surface area contributed by atoms with Crippen molar-refractivity contribution in [1.29, 1.82) is 0 Å². The van der Waals surface area contributed by atoms with Crippen LogP contribution < -0.4 is 5.32 Å². The average Bonchev–Trinajstić information content (AvgIpc) is 2.85. The van der Waals surface area contributed by atoms with Gasteiger partial charge in [0.2, 0.25) is 0 Å². The lowest BCUT2D eigenvalue weighted by Gasteiger charge is -2.24. The summed E-state index contributed by atoms with van der Waals surface area (Å²) in [5.74, 6) is -1.45. The first-order valence-corrected chi connectivity index (χ1v) is 7.46. The minimum atomic E-state index is -1.27. The van der Waals surface area contributed by atoms with Crippen molar-refractivity contribution in [2.45, 2.75) is 39.7 Å². The number of hydrogen-bond donors (Lipinski definition) is 2. The molecule has 1 unspecified atom stereocenters. The highest BCUT2D eigenvalue weighted by atomic mass is 16.4. The summed E-state index contributed by atoms with van der Waals surface area (Å²) in [7, 11) is 0. The number of aromatic nitrogens is 2.